The Morgan fingerprint density at radius 1 is 0.886 bits per heavy atom. The Balaban J connectivity index is 1.65. The highest BCUT2D eigenvalue weighted by Gasteiger charge is 2.48. The van der Waals surface area contributed by atoms with E-state index in [0.29, 0.717) is 64.6 Å². The predicted molar refractivity (Wildman–Crippen MR) is 171 cm³/mol. The second kappa shape index (κ2) is 13.8. The monoisotopic (exact) mass is 616 g/mol. The quantitative estimate of drug-likeness (QED) is 0.0722. The molecule has 0 aliphatic carbocycles. The van der Waals surface area contributed by atoms with Crippen LogP contribution in [0, 0.1) is 0 Å². The maximum absolute atomic E-state index is 13.8. The average molecular weight is 617 g/mol. The number of fused-ring (bicyclic) bond motifs is 1. The average Bonchev–Trinajstić information content (AvgIpc) is 3.58. The van der Waals surface area contributed by atoms with Crippen LogP contribution < -0.4 is 23.8 Å². The number of hydrogen-bond acceptors (Lipinski definition) is 9. The molecule has 2 heterocycles. The van der Waals surface area contributed by atoms with Gasteiger partial charge in [-0.05, 0) is 79.9 Å². The Bertz CT molecular complexity index is 1680. The molecule has 0 radical (unpaired) electrons. The number of aromatic nitrogens is 1. The van der Waals surface area contributed by atoms with Crippen molar-refractivity contribution in [1.82, 2.24) is 4.98 Å². The summed E-state index contributed by atoms with van der Waals surface area (Å²) in [6.45, 7) is 7.45. The maximum Gasteiger partial charge on any atom is 0.301 e. The molecule has 44 heavy (non-hydrogen) atoms. The third kappa shape index (κ3) is 6.21. The topological polar surface area (TPSA) is 107 Å². The Labute approximate surface area is 260 Å². The van der Waals surface area contributed by atoms with E-state index in [-0.39, 0.29) is 11.3 Å². The lowest BCUT2D eigenvalue weighted by Crippen LogP contribution is -2.29. The van der Waals surface area contributed by atoms with Crippen LogP contribution in [0.2, 0.25) is 0 Å². The number of aliphatic hydroxyl groups is 1. The van der Waals surface area contributed by atoms with Crippen molar-refractivity contribution in [3.63, 3.8) is 0 Å². The van der Waals surface area contributed by atoms with Gasteiger partial charge in [0.25, 0.3) is 5.78 Å². The number of thiazole rings is 1. The molecule has 1 amide bonds. The summed E-state index contributed by atoms with van der Waals surface area (Å²) in [5.41, 5.74) is 1.56. The molecule has 9 nitrogen and oxygen atoms in total. The van der Waals surface area contributed by atoms with E-state index in [9.17, 15) is 14.7 Å². The van der Waals surface area contributed by atoms with Gasteiger partial charge < -0.3 is 24.1 Å². The van der Waals surface area contributed by atoms with Crippen LogP contribution in [0.15, 0.2) is 66.2 Å². The number of unbranched alkanes of at least 4 members (excludes halogenated alkanes) is 1. The van der Waals surface area contributed by atoms with E-state index in [0.717, 1.165) is 24.0 Å². The lowest BCUT2D eigenvalue weighted by Gasteiger charge is -2.24. The Hall–Kier alpha value is -4.57. The molecule has 0 bridgehead atoms. The molecule has 1 aliphatic rings. The van der Waals surface area contributed by atoms with Crippen LogP contribution in [0.5, 0.6) is 23.0 Å². The van der Waals surface area contributed by atoms with Crippen LogP contribution in [-0.2, 0) is 9.59 Å². The third-order valence-corrected chi connectivity index (χ3v) is 8.19. The van der Waals surface area contributed by atoms with Gasteiger partial charge in [-0.2, -0.15) is 0 Å². The van der Waals surface area contributed by atoms with E-state index < -0.39 is 17.7 Å². The molecule has 1 aliphatic heterocycles. The number of anilines is 1. The summed E-state index contributed by atoms with van der Waals surface area (Å²) >= 11 is 1.26. The van der Waals surface area contributed by atoms with Crippen molar-refractivity contribution in [1.29, 1.82) is 0 Å². The summed E-state index contributed by atoms with van der Waals surface area (Å²) in [4.78, 5) is 33.5. The van der Waals surface area contributed by atoms with Gasteiger partial charge in [-0.15, -0.1) is 0 Å². The first-order valence-corrected chi connectivity index (χ1v) is 15.6. The minimum Gasteiger partial charge on any atom is -0.507 e. The number of amides is 1. The number of benzene rings is 3. The number of carbonyl (C=O) groups excluding carboxylic acids is 2. The zero-order valence-electron chi connectivity index (χ0n) is 25.3. The standard InChI is InChI=1S/C34H36N2O7S/c1-5-8-18-43-26-16-11-22(19-27(26)41-7-3)30-29(31(37)21-9-12-23(13-10-21)42-17-6-2)32(38)33(39)36(30)34-35-25-15-14-24(40-4)20-28(25)44-34/h9-16,19-20,30,37H,5-8,17-18H2,1-4H3/b31-29+. The molecule has 1 N–H and O–H groups in total. The van der Waals surface area contributed by atoms with Crippen LogP contribution in [0.4, 0.5) is 5.13 Å². The van der Waals surface area contributed by atoms with Gasteiger partial charge in [0.15, 0.2) is 16.6 Å². The number of methoxy groups -OCH3 is 1. The molecule has 1 aromatic heterocycles. The van der Waals surface area contributed by atoms with Crippen molar-refractivity contribution in [2.75, 3.05) is 31.8 Å². The molecule has 10 heteroatoms. The van der Waals surface area contributed by atoms with Gasteiger partial charge in [-0.3, -0.25) is 14.5 Å². The van der Waals surface area contributed by atoms with E-state index in [1.54, 1.807) is 61.7 Å². The van der Waals surface area contributed by atoms with Gasteiger partial charge in [0.2, 0.25) is 0 Å². The van der Waals surface area contributed by atoms with Gasteiger partial charge in [0.1, 0.15) is 17.3 Å². The molecular weight excluding hydrogens is 580 g/mol. The predicted octanol–water partition coefficient (Wildman–Crippen LogP) is 7.30. The summed E-state index contributed by atoms with van der Waals surface area (Å²) < 4.78 is 23.7. The molecule has 3 aromatic carbocycles. The Kier molecular flexibility index (Phi) is 9.69. The first kappa shape index (κ1) is 30.9. The summed E-state index contributed by atoms with van der Waals surface area (Å²) in [7, 11) is 1.58. The van der Waals surface area contributed by atoms with Gasteiger partial charge in [-0.25, -0.2) is 4.98 Å². The van der Waals surface area contributed by atoms with E-state index >= 15 is 0 Å². The minimum absolute atomic E-state index is 0.0452. The smallest absolute Gasteiger partial charge is 0.301 e. The van der Waals surface area contributed by atoms with Crippen LogP contribution >= 0.6 is 11.3 Å². The zero-order valence-corrected chi connectivity index (χ0v) is 26.1. The summed E-state index contributed by atoms with van der Waals surface area (Å²) in [5, 5.41) is 11.9. The number of hydrogen-bond donors (Lipinski definition) is 1. The minimum atomic E-state index is -0.975. The molecule has 1 saturated heterocycles. The second-order valence-electron chi connectivity index (χ2n) is 10.2. The first-order chi connectivity index (χ1) is 21.4. The highest BCUT2D eigenvalue weighted by molar-refractivity contribution is 7.22. The van der Waals surface area contributed by atoms with E-state index in [1.165, 1.54) is 16.2 Å². The van der Waals surface area contributed by atoms with Crippen LogP contribution in [-0.4, -0.2) is 48.7 Å². The number of rotatable bonds is 13. The summed E-state index contributed by atoms with van der Waals surface area (Å²) in [6, 6.07) is 16.6. The molecule has 0 saturated carbocycles. The van der Waals surface area contributed by atoms with Crippen LogP contribution in [0.3, 0.4) is 0 Å². The fourth-order valence-corrected chi connectivity index (χ4v) is 5.98. The van der Waals surface area contributed by atoms with Crippen molar-refractivity contribution in [2.45, 2.75) is 46.1 Å². The number of nitrogens with zero attached hydrogens (tertiary/aromatic N) is 2. The van der Waals surface area contributed by atoms with Crippen LogP contribution in [0.25, 0.3) is 16.0 Å². The highest BCUT2D eigenvalue weighted by atomic mass is 32.1. The van der Waals surface area contributed by atoms with Crippen molar-refractivity contribution < 1.29 is 33.6 Å². The molecule has 230 valence electrons. The van der Waals surface area contributed by atoms with E-state index in [2.05, 4.69) is 6.92 Å². The lowest BCUT2D eigenvalue weighted by molar-refractivity contribution is -0.132. The molecule has 1 atom stereocenters. The van der Waals surface area contributed by atoms with E-state index in [1.807, 2.05) is 19.9 Å². The number of Topliss-reactive ketones (excluding diaryl/α,β-unsaturated/α-hetero) is 1. The molecule has 5 rings (SSSR count). The molecule has 4 aromatic rings. The van der Waals surface area contributed by atoms with Crippen molar-refractivity contribution in [3.8, 4) is 23.0 Å². The van der Waals surface area contributed by atoms with Gasteiger partial charge in [-0.1, -0.05) is 37.7 Å². The molecule has 0 spiro atoms. The lowest BCUT2D eigenvalue weighted by atomic mass is 9.95. The fourth-order valence-electron chi connectivity index (χ4n) is 4.96. The van der Waals surface area contributed by atoms with Crippen molar-refractivity contribution in [3.05, 3.63) is 77.4 Å². The number of ketones is 1. The Morgan fingerprint density at radius 2 is 1.66 bits per heavy atom. The van der Waals surface area contributed by atoms with Crippen LogP contribution in [0.1, 0.15) is 57.2 Å². The summed E-state index contributed by atoms with van der Waals surface area (Å²) in [5.74, 6) is 0.461. The van der Waals surface area contributed by atoms with Crippen molar-refractivity contribution >= 4 is 44.1 Å². The normalized spacial score (nSPS) is 16.0. The first-order valence-electron chi connectivity index (χ1n) is 14.8. The van der Waals surface area contributed by atoms with Crippen molar-refractivity contribution in [2.24, 2.45) is 0 Å². The van der Waals surface area contributed by atoms with E-state index in [4.69, 9.17) is 23.9 Å². The third-order valence-electron chi connectivity index (χ3n) is 7.17. The van der Waals surface area contributed by atoms with Gasteiger partial charge >= 0.3 is 5.91 Å². The SMILES string of the molecule is CCCCOc1ccc(C2/C(=C(\O)c3ccc(OCCC)cc3)C(=O)C(=O)N2c2nc3ccc(OC)cc3s2)cc1OCC. The Morgan fingerprint density at radius 3 is 2.36 bits per heavy atom. The highest BCUT2D eigenvalue weighted by Crippen LogP contribution is 2.46. The maximum atomic E-state index is 13.8. The van der Waals surface area contributed by atoms with Gasteiger partial charge in [0, 0.05) is 5.56 Å². The number of aliphatic hydroxyl groups excluding tert-OH is 1. The molecular formula is C34H36N2O7S. The number of ether oxygens (including phenoxy) is 4. The summed E-state index contributed by atoms with van der Waals surface area (Å²) in [6.07, 6.45) is 2.73. The largest absolute Gasteiger partial charge is 0.507 e. The second-order valence-corrected chi connectivity index (χ2v) is 11.2. The number of carbonyl (C=O) groups is 2. The van der Waals surface area contributed by atoms with Gasteiger partial charge in [0.05, 0.1) is 48.8 Å². The molecule has 1 fully saturated rings. The molecule has 1 unspecified atom stereocenters. The zero-order chi connectivity index (χ0) is 31.2. The fraction of sp³-hybridized carbons (Fsp3) is 0.324.